The summed E-state index contributed by atoms with van der Waals surface area (Å²) in [5.41, 5.74) is 2.20. The van der Waals surface area contributed by atoms with E-state index in [2.05, 4.69) is 9.71 Å². The molecule has 8 heteroatoms. The Bertz CT molecular complexity index is 1150. The maximum atomic E-state index is 12.9. The van der Waals surface area contributed by atoms with Gasteiger partial charge in [-0.05, 0) is 38.1 Å². The topological polar surface area (TPSA) is 80.4 Å². The quantitative estimate of drug-likeness (QED) is 0.322. The zero-order valence-corrected chi connectivity index (χ0v) is 18.0. The average Bonchev–Trinajstić information content (AvgIpc) is 2.74. The van der Waals surface area contributed by atoms with Crippen LogP contribution in [-0.4, -0.2) is 19.4 Å². The second-order valence-corrected chi connectivity index (χ2v) is 8.82. The molecule has 150 valence electrons. The van der Waals surface area contributed by atoms with E-state index in [-0.39, 0.29) is 26.5 Å². The molecule has 0 bridgehead atoms. The standard InChI is InChI=1S/C21H18Cl2N2O3S/c1-13-17(22)20(26)18(23)14(2)19(13)24-21(15-9-5-3-6-10-15)25-29(27,28)16-11-7-4-8-12-16/h3-12,26H,1-2H3,(H,24,25)/p+1. The van der Waals surface area contributed by atoms with E-state index in [0.717, 1.165) is 0 Å². The van der Waals surface area contributed by atoms with Gasteiger partial charge in [0.25, 0.3) is 5.84 Å². The molecule has 3 N–H and O–H groups in total. The first kappa shape index (κ1) is 21.2. The number of hydrogen-bond donors (Lipinski definition) is 3. The molecule has 3 aromatic carbocycles. The number of amidine groups is 1. The maximum Gasteiger partial charge on any atom is 0.328 e. The van der Waals surface area contributed by atoms with Crippen LogP contribution in [0.15, 0.2) is 65.6 Å². The van der Waals surface area contributed by atoms with Crippen LogP contribution in [0.1, 0.15) is 16.7 Å². The van der Waals surface area contributed by atoms with Crippen LogP contribution in [0.3, 0.4) is 0 Å². The van der Waals surface area contributed by atoms with E-state index in [0.29, 0.717) is 22.4 Å². The molecule has 5 nitrogen and oxygen atoms in total. The number of anilines is 1. The molecule has 0 saturated heterocycles. The maximum absolute atomic E-state index is 12.9. The lowest BCUT2D eigenvalue weighted by atomic mass is 10.1. The van der Waals surface area contributed by atoms with Crippen molar-refractivity contribution >= 4 is 44.7 Å². The Morgan fingerprint density at radius 3 is 1.90 bits per heavy atom. The van der Waals surface area contributed by atoms with Crippen molar-refractivity contribution in [1.29, 1.82) is 0 Å². The predicted molar refractivity (Wildman–Crippen MR) is 116 cm³/mol. The molecule has 0 aromatic heterocycles. The van der Waals surface area contributed by atoms with E-state index < -0.39 is 10.0 Å². The Morgan fingerprint density at radius 1 is 0.897 bits per heavy atom. The minimum Gasteiger partial charge on any atom is -0.505 e. The van der Waals surface area contributed by atoms with E-state index in [1.165, 1.54) is 12.1 Å². The number of hydrogen-bond acceptors (Lipinski definition) is 3. The molecule has 3 aromatic rings. The van der Waals surface area contributed by atoms with Gasteiger partial charge in [0.05, 0.1) is 15.6 Å². The smallest absolute Gasteiger partial charge is 0.328 e. The summed E-state index contributed by atoms with van der Waals surface area (Å²) in [6, 6.07) is 17.0. The van der Waals surface area contributed by atoms with Gasteiger partial charge in [-0.1, -0.05) is 59.6 Å². The minimum absolute atomic E-state index is 0.0985. The van der Waals surface area contributed by atoms with E-state index >= 15 is 0 Å². The second kappa shape index (κ2) is 8.45. The first-order valence-corrected chi connectivity index (χ1v) is 10.9. The first-order valence-electron chi connectivity index (χ1n) is 8.66. The Morgan fingerprint density at radius 2 is 1.38 bits per heavy atom. The molecule has 0 aliphatic heterocycles. The Balaban J connectivity index is 2.18. The third-order valence-electron chi connectivity index (χ3n) is 4.43. The Hall–Kier alpha value is -2.54. The average molecular weight is 450 g/mol. The summed E-state index contributed by atoms with van der Waals surface area (Å²) in [7, 11) is -3.85. The second-order valence-electron chi connectivity index (χ2n) is 6.39. The lowest BCUT2D eigenvalue weighted by Gasteiger charge is -2.13. The fourth-order valence-corrected chi connectivity index (χ4v) is 4.32. The number of sulfonamides is 1. The van der Waals surface area contributed by atoms with Gasteiger partial charge in [-0.3, -0.25) is 0 Å². The Labute approximate surface area is 179 Å². The normalized spacial score (nSPS) is 12.1. The van der Waals surface area contributed by atoms with Crippen molar-refractivity contribution in [3.05, 3.63) is 87.4 Å². The lowest BCUT2D eigenvalue weighted by Crippen LogP contribution is -2.78. The van der Waals surface area contributed by atoms with Gasteiger partial charge >= 0.3 is 10.0 Å². The van der Waals surface area contributed by atoms with Crippen molar-refractivity contribution in [2.24, 2.45) is 0 Å². The number of halogens is 2. The summed E-state index contributed by atoms with van der Waals surface area (Å²) in [6.45, 7) is 3.42. The molecule has 0 saturated carbocycles. The number of nitrogens with one attached hydrogen (secondary N) is 2. The predicted octanol–water partition coefficient (Wildman–Crippen LogP) is 3.64. The van der Waals surface area contributed by atoms with Gasteiger partial charge in [-0.25, -0.2) is 5.32 Å². The summed E-state index contributed by atoms with van der Waals surface area (Å²) in [5, 5.41) is 13.4. The zero-order chi connectivity index (χ0) is 21.2. The third-order valence-corrected chi connectivity index (χ3v) is 6.72. The molecule has 0 unspecified atom stereocenters. The van der Waals surface area contributed by atoms with E-state index in [1.54, 1.807) is 56.3 Å². The zero-order valence-electron chi connectivity index (χ0n) is 15.7. The highest BCUT2D eigenvalue weighted by atomic mass is 35.5. The van der Waals surface area contributed by atoms with Gasteiger partial charge in [-0.15, -0.1) is 0 Å². The van der Waals surface area contributed by atoms with Gasteiger partial charge in [-0.2, -0.15) is 12.8 Å². The van der Waals surface area contributed by atoms with Crippen LogP contribution in [0.25, 0.3) is 0 Å². The lowest BCUT2D eigenvalue weighted by molar-refractivity contribution is -0.266. The minimum atomic E-state index is -3.85. The number of benzene rings is 3. The summed E-state index contributed by atoms with van der Waals surface area (Å²) in [6.07, 6.45) is 0. The van der Waals surface area contributed by atoms with Crippen LogP contribution in [0.4, 0.5) is 5.69 Å². The molecule has 0 aliphatic rings. The van der Waals surface area contributed by atoms with Gasteiger partial charge in [0.15, 0.2) is 5.75 Å². The largest absolute Gasteiger partial charge is 0.505 e. The highest BCUT2D eigenvalue weighted by molar-refractivity contribution is 7.84. The van der Waals surface area contributed by atoms with Crippen LogP contribution < -0.4 is 9.71 Å². The number of rotatable bonds is 4. The van der Waals surface area contributed by atoms with Crippen LogP contribution in [0.2, 0.25) is 10.0 Å². The van der Waals surface area contributed by atoms with E-state index in [4.69, 9.17) is 23.2 Å². The summed E-state index contributed by atoms with van der Waals surface area (Å²) >= 11 is 12.4. The molecular weight excluding hydrogens is 431 g/mol. The summed E-state index contributed by atoms with van der Waals surface area (Å²) < 4.78 is 28.4. The molecular formula is C21H19Cl2N2O3S+. The fraction of sp³-hybridized carbons (Fsp3) is 0.0952. The van der Waals surface area contributed by atoms with Crippen molar-refractivity contribution in [3.63, 3.8) is 0 Å². The van der Waals surface area contributed by atoms with Crippen molar-refractivity contribution in [2.75, 3.05) is 5.32 Å². The highest BCUT2D eigenvalue weighted by Crippen LogP contribution is 2.42. The highest BCUT2D eigenvalue weighted by Gasteiger charge is 2.25. The SMILES string of the molecule is Cc1c(Cl)c(O)c(Cl)c(C)c1NC(=[NH+]S(=O)(=O)c1ccccc1)c1ccccc1. The molecule has 0 aliphatic carbocycles. The van der Waals surface area contributed by atoms with Crippen molar-refractivity contribution in [2.45, 2.75) is 18.7 Å². The monoisotopic (exact) mass is 449 g/mol. The first-order chi connectivity index (χ1) is 13.7. The molecule has 0 atom stereocenters. The van der Waals surface area contributed by atoms with E-state index in [1.807, 2.05) is 6.07 Å². The van der Waals surface area contributed by atoms with Crippen molar-refractivity contribution in [3.8, 4) is 5.75 Å². The molecule has 0 radical (unpaired) electrons. The van der Waals surface area contributed by atoms with Gasteiger partial charge in [0, 0.05) is 11.1 Å². The van der Waals surface area contributed by atoms with Crippen molar-refractivity contribution < 1.29 is 17.9 Å². The van der Waals surface area contributed by atoms with Gasteiger partial charge < -0.3 is 5.11 Å². The third kappa shape index (κ3) is 4.40. The van der Waals surface area contributed by atoms with Crippen LogP contribution in [0.5, 0.6) is 5.75 Å². The van der Waals surface area contributed by atoms with Crippen LogP contribution in [-0.2, 0) is 10.0 Å². The van der Waals surface area contributed by atoms with Gasteiger partial charge in [0.1, 0.15) is 10.6 Å². The van der Waals surface area contributed by atoms with Crippen LogP contribution >= 0.6 is 23.2 Å². The van der Waals surface area contributed by atoms with Crippen molar-refractivity contribution in [1.82, 2.24) is 0 Å². The van der Waals surface area contributed by atoms with Gasteiger partial charge in [0.2, 0.25) is 0 Å². The molecule has 0 fully saturated rings. The number of phenols is 1. The Kier molecular flexibility index (Phi) is 6.17. The summed E-state index contributed by atoms with van der Waals surface area (Å²) in [5.74, 6) is 0.0264. The fourth-order valence-electron chi connectivity index (χ4n) is 2.82. The molecule has 29 heavy (non-hydrogen) atoms. The summed E-state index contributed by atoms with van der Waals surface area (Å²) in [4.78, 5) is 0.130. The molecule has 0 amide bonds. The van der Waals surface area contributed by atoms with Crippen LogP contribution in [0, 0.1) is 13.8 Å². The number of aromatic hydroxyl groups is 1. The van der Waals surface area contributed by atoms with E-state index in [9.17, 15) is 13.5 Å². The molecule has 0 spiro atoms. The molecule has 0 heterocycles. The molecule has 3 rings (SSSR count). The number of phenolic OH excluding ortho intramolecular Hbond substituents is 1.